The van der Waals surface area contributed by atoms with Crippen LogP contribution in [0.3, 0.4) is 0 Å². The molecular weight excluding hydrogens is 162 g/mol. The molecule has 0 spiro atoms. The van der Waals surface area contributed by atoms with Crippen molar-refractivity contribution in [3.8, 4) is 0 Å². The van der Waals surface area contributed by atoms with Crippen LogP contribution in [0.25, 0.3) is 0 Å². The van der Waals surface area contributed by atoms with Gasteiger partial charge in [0.1, 0.15) is 0 Å². The van der Waals surface area contributed by atoms with Crippen LogP contribution in [0.5, 0.6) is 0 Å². The second-order valence-corrected chi connectivity index (χ2v) is 4.32. The summed E-state index contributed by atoms with van der Waals surface area (Å²) in [6, 6.07) is 0. The quantitative estimate of drug-likeness (QED) is 0.493. The maximum absolute atomic E-state index is 8.61. The zero-order valence-corrected chi connectivity index (χ0v) is 8.08. The molecule has 2 aliphatic rings. The molecule has 0 aromatic carbocycles. The highest BCUT2D eigenvalue weighted by molar-refractivity contribution is 5.10. The van der Waals surface area contributed by atoms with Gasteiger partial charge in [-0.05, 0) is 50.1 Å². The Hall–Kier alpha value is -0.340. The summed E-state index contributed by atoms with van der Waals surface area (Å²) in [5, 5.41) is 12.0. The molecular formula is C11H19NO. The highest BCUT2D eigenvalue weighted by atomic mass is 16.3. The van der Waals surface area contributed by atoms with Gasteiger partial charge in [-0.3, -0.25) is 0 Å². The molecule has 2 N–H and O–H groups in total. The molecule has 0 unspecified atom stereocenters. The fourth-order valence-electron chi connectivity index (χ4n) is 2.62. The third-order valence-corrected chi connectivity index (χ3v) is 3.33. The van der Waals surface area contributed by atoms with E-state index < -0.39 is 0 Å². The summed E-state index contributed by atoms with van der Waals surface area (Å²) < 4.78 is 0. The molecule has 0 amide bonds. The minimum absolute atomic E-state index is 0.309. The molecule has 0 aliphatic heterocycles. The number of hydrogen-bond acceptors (Lipinski definition) is 2. The van der Waals surface area contributed by atoms with Gasteiger partial charge in [-0.1, -0.05) is 12.2 Å². The summed E-state index contributed by atoms with van der Waals surface area (Å²) in [5.41, 5.74) is 0. The van der Waals surface area contributed by atoms with E-state index in [0.29, 0.717) is 6.61 Å². The zero-order valence-electron chi connectivity index (χ0n) is 8.08. The van der Waals surface area contributed by atoms with E-state index >= 15 is 0 Å². The lowest BCUT2D eigenvalue weighted by atomic mass is 9.94. The molecule has 2 nitrogen and oxygen atoms in total. The first-order valence-electron chi connectivity index (χ1n) is 5.40. The highest BCUT2D eigenvalue weighted by Crippen LogP contribution is 2.42. The van der Waals surface area contributed by atoms with Crippen LogP contribution in [0.4, 0.5) is 0 Å². The molecule has 1 saturated carbocycles. The first-order chi connectivity index (χ1) is 6.40. The van der Waals surface area contributed by atoms with E-state index in [1.165, 1.54) is 12.8 Å². The number of rotatable bonds is 5. The molecule has 2 heteroatoms. The van der Waals surface area contributed by atoms with E-state index in [1.54, 1.807) is 0 Å². The standard InChI is InChI=1S/C11H19NO/c13-5-1-4-12-8-11-7-9-2-3-10(11)6-9/h2-3,9-13H,1,4-8H2/t9-,10+,11-/m0/s1. The maximum Gasteiger partial charge on any atom is 0.0443 e. The van der Waals surface area contributed by atoms with Gasteiger partial charge in [-0.15, -0.1) is 0 Å². The van der Waals surface area contributed by atoms with Gasteiger partial charge in [-0.25, -0.2) is 0 Å². The van der Waals surface area contributed by atoms with Crippen LogP contribution in [0.2, 0.25) is 0 Å². The largest absolute Gasteiger partial charge is 0.396 e. The summed E-state index contributed by atoms with van der Waals surface area (Å²) in [6.07, 6.45) is 8.44. The van der Waals surface area contributed by atoms with Crippen molar-refractivity contribution >= 4 is 0 Å². The SMILES string of the molecule is OCCCNC[C@@H]1C[C@H]2C=C[C@@H]1C2. The second-order valence-electron chi connectivity index (χ2n) is 4.32. The molecule has 3 atom stereocenters. The van der Waals surface area contributed by atoms with Crippen LogP contribution in [0.15, 0.2) is 12.2 Å². The molecule has 0 saturated heterocycles. The van der Waals surface area contributed by atoms with Gasteiger partial charge in [0.05, 0.1) is 0 Å². The van der Waals surface area contributed by atoms with E-state index in [4.69, 9.17) is 5.11 Å². The summed E-state index contributed by atoms with van der Waals surface area (Å²) in [7, 11) is 0. The Labute approximate surface area is 80.0 Å². The number of aliphatic hydroxyl groups is 1. The average Bonchev–Trinajstić information content (AvgIpc) is 2.73. The zero-order chi connectivity index (χ0) is 9.10. The van der Waals surface area contributed by atoms with Gasteiger partial charge in [0.25, 0.3) is 0 Å². The summed E-state index contributed by atoms with van der Waals surface area (Å²) in [5.74, 6) is 2.61. The first kappa shape index (κ1) is 9.22. The molecule has 1 fully saturated rings. The smallest absolute Gasteiger partial charge is 0.0443 e. The number of aliphatic hydroxyl groups excluding tert-OH is 1. The van der Waals surface area contributed by atoms with E-state index in [9.17, 15) is 0 Å². The number of hydrogen-bond donors (Lipinski definition) is 2. The number of fused-ring (bicyclic) bond motifs is 2. The molecule has 74 valence electrons. The summed E-state index contributed by atoms with van der Waals surface area (Å²) in [4.78, 5) is 0. The van der Waals surface area contributed by atoms with Gasteiger partial charge in [0, 0.05) is 6.61 Å². The number of allylic oxidation sites excluding steroid dienone is 2. The van der Waals surface area contributed by atoms with Crippen molar-refractivity contribution in [2.24, 2.45) is 17.8 Å². The highest BCUT2D eigenvalue weighted by Gasteiger charge is 2.34. The molecule has 0 radical (unpaired) electrons. The van der Waals surface area contributed by atoms with E-state index in [0.717, 1.165) is 37.3 Å². The monoisotopic (exact) mass is 181 g/mol. The van der Waals surface area contributed by atoms with Gasteiger partial charge in [0.2, 0.25) is 0 Å². The molecule has 2 rings (SSSR count). The molecule has 0 aromatic heterocycles. The van der Waals surface area contributed by atoms with Crippen molar-refractivity contribution in [2.75, 3.05) is 19.7 Å². The van der Waals surface area contributed by atoms with Crippen molar-refractivity contribution in [1.82, 2.24) is 5.32 Å². The fourth-order valence-corrected chi connectivity index (χ4v) is 2.62. The van der Waals surface area contributed by atoms with E-state index in [-0.39, 0.29) is 0 Å². The van der Waals surface area contributed by atoms with Crippen LogP contribution in [-0.4, -0.2) is 24.8 Å². The van der Waals surface area contributed by atoms with Crippen molar-refractivity contribution < 1.29 is 5.11 Å². The molecule has 2 aliphatic carbocycles. The summed E-state index contributed by atoms with van der Waals surface area (Å²) >= 11 is 0. The summed E-state index contributed by atoms with van der Waals surface area (Å²) in [6.45, 7) is 2.42. The average molecular weight is 181 g/mol. The van der Waals surface area contributed by atoms with Gasteiger partial charge < -0.3 is 10.4 Å². The van der Waals surface area contributed by atoms with Crippen LogP contribution in [0, 0.1) is 17.8 Å². The lowest BCUT2D eigenvalue weighted by Gasteiger charge is -2.18. The predicted octanol–water partition coefficient (Wildman–Crippen LogP) is 1.17. The lowest BCUT2D eigenvalue weighted by molar-refractivity contribution is 0.283. The van der Waals surface area contributed by atoms with Crippen LogP contribution in [0.1, 0.15) is 19.3 Å². The van der Waals surface area contributed by atoms with Crippen molar-refractivity contribution in [3.63, 3.8) is 0 Å². The Morgan fingerprint density at radius 3 is 2.85 bits per heavy atom. The predicted molar refractivity (Wildman–Crippen MR) is 53.4 cm³/mol. The molecule has 2 bridgehead atoms. The van der Waals surface area contributed by atoms with E-state index in [2.05, 4.69) is 17.5 Å². The van der Waals surface area contributed by atoms with Crippen LogP contribution >= 0.6 is 0 Å². The van der Waals surface area contributed by atoms with Gasteiger partial charge in [0.15, 0.2) is 0 Å². The second kappa shape index (κ2) is 4.25. The lowest BCUT2D eigenvalue weighted by Crippen LogP contribution is -2.26. The van der Waals surface area contributed by atoms with Crippen molar-refractivity contribution in [1.29, 1.82) is 0 Å². The molecule has 0 heterocycles. The Bertz CT molecular complexity index is 191. The third kappa shape index (κ3) is 2.12. The third-order valence-electron chi connectivity index (χ3n) is 3.33. The molecule has 0 aromatic rings. The van der Waals surface area contributed by atoms with Crippen molar-refractivity contribution in [3.05, 3.63) is 12.2 Å². The Kier molecular flexibility index (Phi) is 3.01. The first-order valence-corrected chi connectivity index (χ1v) is 5.40. The molecule has 13 heavy (non-hydrogen) atoms. The fraction of sp³-hybridized carbons (Fsp3) is 0.818. The Morgan fingerprint density at radius 2 is 2.23 bits per heavy atom. The Balaban J connectivity index is 1.64. The van der Waals surface area contributed by atoms with Crippen LogP contribution < -0.4 is 5.32 Å². The minimum atomic E-state index is 0.309. The van der Waals surface area contributed by atoms with E-state index in [1.807, 2.05) is 0 Å². The maximum atomic E-state index is 8.61. The minimum Gasteiger partial charge on any atom is -0.396 e. The number of nitrogens with one attached hydrogen (secondary N) is 1. The normalized spacial score (nSPS) is 35.9. The van der Waals surface area contributed by atoms with Gasteiger partial charge >= 0.3 is 0 Å². The van der Waals surface area contributed by atoms with Gasteiger partial charge in [-0.2, -0.15) is 0 Å². The van der Waals surface area contributed by atoms with Crippen molar-refractivity contribution in [2.45, 2.75) is 19.3 Å². The van der Waals surface area contributed by atoms with Crippen LogP contribution in [-0.2, 0) is 0 Å². The Morgan fingerprint density at radius 1 is 1.31 bits per heavy atom. The topological polar surface area (TPSA) is 32.3 Å².